The molecule has 0 aromatic heterocycles. The van der Waals surface area contributed by atoms with Crippen molar-refractivity contribution >= 4 is 0 Å². The Bertz CT molecular complexity index is 460. The largest absolute Gasteiger partial charge is 0.392 e. The highest BCUT2D eigenvalue weighted by Crippen LogP contribution is 2.25. The van der Waals surface area contributed by atoms with Gasteiger partial charge in [0, 0.05) is 13.1 Å². The summed E-state index contributed by atoms with van der Waals surface area (Å²) in [4.78, 5) is 0. The maximum Gasteiger partial charge on any atom is 0.108 e. The monoisotopic (exact) mass is 285 g/mol. The van der Waals surface area contributed by atoms with Gasteiger partial charge in [0.1, 0.15) is 6.10 Å². The van der Waals surface area contributed by atoms with Crippen molar-refractivity contribution in [3.8, 4) is 0 Å². The summed E-state index contributed by atoms with van der Waals surface area (Å²) in [6.45, 7) is 3.68. The molecular formula is C18H23NO2. The molecule has 0 heterocycles. The summed E-state index contributed by atoms with van der Waals surface area (Å²) in [7, 11) is 0. The summed E-state index contributed by atoms with van der Waals surface area (Å²) >= 11 is 0. The fourth-order valence-electron chi connectivity index (χ4n) is 2.20. The van der Waals surface area contributed by atoms with Crippen LogP contribution in [-0.2, 0) is 4.74 Å². The predicted octanol–water partition coefficient (Wildman–Crippen LogP) is 2.76. The molecular weight excluding hydrogens is 262 g/mol. The van der Waals surface area contributed by atoms with Crippen LogP contribution in [0.5, 0.6) is 0 Å². The van der Waals surface area contributed by atoms with E-state index in [4.69, 9.17) is 4.74 Å². The molecule has 3 heteroatoms. The van der Waals surface area contributed by atoms with Gasteiger partial charge in [0.05, 0.1) is 12.7 Å². The van der Waals surface area contributed by atoms with Crippen molar-refractivity contribution in [2.24, 2.45) is 0 Å². The fourth-order valence-corrected chi connectivity index (χ4v) is 2.20. The highest BCUT2D eigenvalue weighted by molar-refractivity contribution is 5.29. The molecule has 0 aliphatic heterocycles. The molecule has 2 rings (SSSR count). The number of ether oxygens (including phenoxy) is 1. The molecule has 2 aromatic rings. The third-order valence-corrected chi connectivity index (χ3v) is 3.21. The van der Waals surface area contributed by atoms with Gasteiger partial charge < -0.3 is 15.2 Å². The maximum absolute atomic E-state index is 9.21. The van der Waals surface area contributed by atoms with Gasteiger partial charge in [-0.15, -0.1) is 0 Å². The Morgan fingerprint density at radius 3 is 1.95 bits per heavy atom. The highest BCUT2D eigenvalue weighted by Gasteiger charge is 2.13. The number of hydrogen-bond donors (Lipinski definition) is 2. The molecule has 0 fully saturated rings. The minimum absolute atomic E-state index is 0.0549. The van der Waals surface area contributed by atoms with Crippen LogP contribution in [0.1, 0.15) is 24.2 Å². The lowest BCUT2D eigenvalue weighted by atomic mass is 10.0. The van der Waals surface area contributed by atoms with Crippen molar-refractivity contribution in [2.75, 3.05) is 19.7 Å². The summed E-state index contributed by atoms with van der Waals surface area (Å²) in [6, 6.07) is 20.5. The number of hydrogen-bond acceptors (Lipinski definition) is 3. The summed E-state index contributed by atoms with van der Waals surface area (Å²) in [6.07, 6.45) is -0.384. The Morgan fingerprint density at radius 2 is 1.48 bits per heavy atom. The van der Waals surface area contributed by atoms with Crippen LogP contribution in [-0.4, -0.2) is 30.9 Å². The van der Waals surface area contributed by atoms with E-state index in [2.05, 4.69) is 29.6 Å². The van der Waals surface area contributed by atoms with Gasteiger partial charge in [-0.2, -0.15) is 0 Å². The summed E-state index contributed by atoms with van der Waals surface area (Å²) in [5.41, 5.74) is 2.30. The SMILES string of the molecule is CC(O)CNCCOC(c1ccccc1)c1ccccc1. The van der Waals surface area contributed by atoms with Gasteiger partial charge >= 0.3 is 0 Å². The zero-order valence-electron chi connectivity index (χ0n) is 12.4. The average Bonchev–Trinajstić information content (AvgIpc) is 2.52. The number of rotatable bonds is 8. The molecule has 0 bridgehead atoms. The minimum Gasteiger partial charge on any atom is -0.392 e. The molecule has 0 saturated heterocycles. The molecule has 3 nitrogen and oxygen atoms in total. The zero-order valence-corrected chi connectivity index (χ0v) is 12.4. The maximum atomic E-state index is 9.21. The van der Waals surface area contributed by atoms with E-state index in [0.29, 0.717) is 13.2 Å². The van der Waals surface area contributed by atoms with Crippen LogP contribution in [0, 0.1) is 0 Å². The topological polar surface area (TPSA) is 41.5 Å². The Hall–Kier alpha value is -1.68. The molecule has 0 aliphatic carbocycles. The molecule has 2 N–H and O–H groups in total. The van der Waals surface area contributed by atoms with Gasteiger partial charge in [0.15, 0.2) is 0 Å². The normalized spacial score (nSPS) is 12.5. The van der Waals surface area contributed by atoms with Crippen LogP contribution in [0.3, 0.4) is 0 Å². The van der Waals surface area contributed by atoms with E-state index in [0.717, 1.165) is 17.7 Å². The average molecular weight is 285 g/mol. The fraction of sp³-hybridized carbons (Fsp3) is 0.333. The first kappa shape index (κ1) is 15.7. The Kier molecular flexibility index (Phi) is 6.41. The van der Waals surface area contributed by atoms with Crippen molar-refractivity contribution in [1.82, 2.24) is 5.32 Å². The van der Waals surface area contributed by atoms with E-state index < -0.39 is 0 Å². The first-order valence-electron chi connectivity index (χ1n) is 7.37. The van der Waals surface area contributed by atoms with Crippen molar-refractivity contribution < 1.29 is 9.84 Å². The minimum atomic E-state index is -0.330. The van der Waals surface area contributed by atoms with Crippen LogP contribution in [0.25, 0.3) is 0 Å². The molecule has 0 amide bonds. The van der Waals surface area contributed by atoms with Crippen LogP contribution in [0.2, 0.25) is 0 Å². The second-order valence-corrected chi connectivity index (χ2v) is 5.13. The Morgan fingerprint density at radius 1 is 0.952 bits per heavy atom. The van der Waals surface area contributed by atoms with Crippen LogP contribution < -0.4 is 5.32 Å². The molecule has 1 unspecified atom stereocenters. The number of aliphatic hydroxyl groups is 1. The summed E-state index contributed by atoms with van der Waals surface area (Å²) < 4.78 is 6.05. The quantitative estimate of drug-likeness (QED) is 0.733. The van der Waals surface area contributed by atoms with Gasteiger partial charge in [-0.3, -0.25) is 0 Å². The lowest BCUT2D eigenvalue weighted by molar-refractivity contribution is 0.0799. The van der Waals surface area contributed by atoms with Gasteiger partial charge in [-0.25, -0.2) is 0 Å². The highest BCUT2D eigenvalue weighted by atomic mass is 16.5. The molecule has 112 valence electrons. The van der Waals surface area contributed by atoms with Gasteiger partial charge in [0.25, 0.3) is 0 Å². The van der Waals surface area contributed by atoms with Crippen molar-refractivity contribution in [1.29, 1.82) is 0 Å². The molecule has 0 radical (unpaired) electrons. The number of benzene rings is 2. The molecule has 0 saturated carbocycles. The van der Waals surface area contributed by atoms with Gasteiger partial charge in [0.2, 0.25) is 0 Å². The first-order valence-corrected chi connectivity index (χ1v) is 7.37. The lowest BCUT2D eigenvalue weighted by Gasteiger charge is -2.19. The van der Waals surface area contributed by atoms with Crippen LogP contribution in [0.15, 0.2) is 60.7 Å². The van der Waals surface area contributed by atoms with E-state index in [9.17, 15) is 5.11 Å². The second kappa shape index (κ2) is 8.57. The molecule has 0 aliphatic rings. The molecule has 2 aromatic carbocycles. The van der Waals surface area contributed by atoms with E-state index in [1.165, 1.54) is 0 Å². The predicted molar refractivity (Wildman–Crippen MR) is 85.2 cm³/mol. The standard InChI is InChI=1S/C18H23NO2/c1-15(20)14-19-12-13-21-18(16-8-4-2-5-9-16)17-10-6-3-7-11-17/h2-11,15,18-20H,12-14H2,1H3. The van der Waals surface area contributed by atoms with E-state index in [-0.39, 0.29) is 12.2 Å². The second-order valence-electron chi connectivity index (χ2n) is 5.13. The van der Waals surface area contributed by atoms with E-state index >= 15 is 0 Å². The zero-order chi connectivity index (χ0) is 14.9. The molecule has 21 heavy (non-hydrogen) atoms. The Balaban J connectivity index is 1.97. The molecule has 0 spiro atoms. The van der Waals surface area contributed by atoms with Crippen LogP contribution >= 0.6 is 0 Å². The summed E-state index contributed by atoms with van der Waals surface area (Å²) in [5, 5.41) is 12.4. The third-order valence-electron chi connectivity index (χ3n) is 3.21. The van der Waals surface area contributed by atoms with Crippen molar-refractivity contribution in [3.05, 3.63) is 71.8 Å². The number of aliphatic hydroxyl groups excluding tert-OH is 1. The van der Waals surface area contributed by atoms with Gasteiger partial charge in [-0.1, -0.05) is 60.7 Å². The lowest BCUT2D eigenvalue weighted by Crippen LogP contribution is -2.28. The van der Waals surface area contributed by atoms with Crippen molar-refractivity contribution in [2.45, 2.75) is 19.1 Å². The smallest absolute Gasteiger partial charge is 0.108 e. The van der Waals surface area contributed by atoms with Gasteiger partial charge in [-0.05, 0) is 18.1 Å². The number of nitrogens with one attached hydrogen (secondary N) is 1. The van der Waals surface area contributed by atoms with E-state index in [1.54, 1.807) is 6.92 Å². The van der Waals surface area contributed by atoms with Crippen LogP contribution in [0.4, 0.5) is 0 Å². The summed E-state index contributed by atoms with van der Waals surface area (Å²) in [5.74, 6) is 0. The first-order chi connectivity index (χ1) is 10.3. The van der Waals surface area contributed by atoms with Crippen molar-refractivity contribution in [3.63, 3.8) is 0 Å². The molecule has 1 atom stereocenters. The third kappa shape index (κ3) is 5.31. The van der Waals surface area contributed by atoms with E-state index in [1.807, 2.05) is 36.4 Å². The Labute approximate surface area is 126 Å².